The molecule has 1 aliphatic heterocycles. The Labute approximate surface area is 109 Å². The fourth-order valence-electron chi connectivity index (χ4n) is 2.19. The second-order valence-electron chi connectivity index (χ2n) is 4.56. The largest absolute Gasteiger partial charge is 0.480 e. The van der Waals surface area contributed by atoms with Crippen LogP contribution in [0.1, 0.15) is 19.3 Å². The molecule has 2 unspecified atom stereocenters. The van der Waals surface area contributed by atoms with Crippen molar-refractivity contribution in [2.75, 3.05) is 6.54 Å². The molecule has 1 N–H and O–H groups in total. The number of halogens is 6. The van der Waals surface area contributed by atoms with Crippen molar-refractivity contribution in [3.8, 4) is 0 Å². The summed E-state index contributed by atoms with van der Waals surface area (Å²) in [6.45, 7) is -0.657. The van der Waals surface area contributed by atoms with E-state index in [2.05, 4.69) is 0 Å². The topological polar surface area (TPSA) is 57.6 Å². The lowest BCUT2D eigenvalue weighted by Gasteiger charge is -2.37. The molecular formula is C10H11F6NO3. The zero-order valence-corrected chi connectivity index (χ0v) is 9.96. The van der Waals surface area contributed by atoms with Gasteiger partial charge in [0.05, 0.1) is 0 Å². The molecule has 4 nitrogen and oxygen atoms in total. The van der Waals surface area contributed by atoms with Crippen molar-refractivity contribution in [2.45, 2.75) is 37.7 Å². The Balaban J connectivity index is 2.83. The molecule has 0 spiro atoms. The molecule has 0 bridgehead atoms. The maximum atomic E-state index is 12.3. The summed E-state index contributed by atoms with van der Waals surface area (Å²) < 4.78 is 73.4. The van der Waals surface area contributed by atoms with Crippen LogP contribution >= 0.6 is 0 Å². The molecule has 0 aromatic rings. The van der Waals surface area contributed by atoms with Crippen LogP contribution in [0.3, 0.4) is 0 Å². The van der Waals surface area contributed by atoms with Gasteiger partial charge in [-0.25, -0.2) is 4.79 Å². The minimum absolute atomic E-state index is 0.0786. The zero-order valence-electron chi connectivity index (χ0n) is 9.96. The summed E-state index contributed by atoms with van der Waals surface area (Å²) in [5, 5.41) is 8.80. The van der Waals surface area contributed by atoms with E-state index in [1.165, 1.54) is 0 Å². The molecule has 1 saturated heterocycles. The minimum atomic E-state index is -5.25. The summed E-state index contributed by atoms with van der Waals surface area (Å²) in [7, 11) is 0. The van der Waals surface area contributed by atoms with Crippen LogP contribution in [0.15, 0.2) is 0 Å². The molecule has 10 heteroatoms. The Kier molecular flexibility index (Phi) is 4.55. The van der Waals surface area contributed by atoms with Gasteiger partial charge in [0.15, 0.2) is 0 Å². The lowest BCUT2D eigenvalue weighted by Crippen LogP contribution is -2.54. The third-order valence-corrected chi connectivity index (χ3v) is 3.02. The molecule has 116 valence electrons. The number of hydrogen-bond donors (Lipinski definition) is 1. The smallest absolute Gasteiger partial charge is 0.471 e. The Morgan fingerprint density at radius 3 is 2.10 bits per heavy atom. The van der Waals surface area contributed by atoms with Gasteiger partial charge in [0.2, 0.25) is 0 Å². The van der Waals surface area contributed by atoms with Gasteiger partial charge in [-0.15, -0.1) is 0 Å². The molecule has 1 aliphatic rings. The van der Waals surface area contributed by atoms with E-state index >= 15 is 0 Å². The number of piperidine rings is 1. The first-order valence-electron chi connectivity index (χ1n) is 5.59. The first kappa shape index (κ1) is 16.6. The number of amides is 1. The summed E-state index contributed by atoms with van der Waals surface area (Å²) >= 11 is 0. The van der Waals surface area contributed by atoms with E-state index < -0.39 is 55.6 Å². The van der Waals surface area contributed by atoms with Crippen molar-refractivity contribution in [2.24, 2.45) is 5.92 Å². The highest BCUT2D eigenvalue weighted by Crippen LogP contribution is 2.34. The van der Waals surface area contributed by atoms with Gasteiger partial charge in [0.1, 0.15) is 6.04 Å². The highest BCUT2D eigenvalue weighted by atomic mass is 19.4. The van der Waals surface area contributed by atoms with Crippen LogP contribution in [0.5, 0.6) is 0 Å². The fraction of sp³-hybridized carbons (Fsp3) is 0.800. The van der Waals surface area contributed by atoms with Crippen molar-refractivity contribution < 1.29 is 41.0 Å². The molecule has 1 heterocycles. The average molecular weight is 307 g/mol. The zero-order chi connectivity index (χ0) is 15.7. The van der Waals surface area contributed by atoms with Gasteiger partial charge in [0.25, 0.3) is 0 Å². The number of rotatable bonds is 2. The number of carbonyl (C=O) groups is 2. The summed E-state index contributed by atoms with van der Waals surface area (Å²) in [6, 6.07) is -1.88. The van der Waals surface area contributed by atoms with Gasteiger partial charge in [0, 0.05) is 13.0 Å². The molecule has 0 aliphatic carbocycles. The monoisotopic (exact) mass is 307 g/mol. The van der Waals surface area contributed by atoms with Crippen molar-refractivity contribution in [1.82, 2.24) is 4.90 Å². The maximum Gasteiger partial charge on any atom is 0.471 e. The van der Waals surface area contributed by atoms with Crippen molar-refractivity contribution in [1.29, 1.82) is 0 Å². The van der Waals surface area contributed by atoms with Crippen LogP contribution in [0.2, 0.25) is 0 Å². The number of nitrogens with zero attached hydrogens (tertiary/aromatic N) is 1. The summed E-state index contributed by atoms with van der Waals surface area (Å²) in [5.74, 6) is -5.18. The Hall–Kier alpha value is -1.48. The number of likely N-dealkylation sites (tertiary alicyclic amines) is 1. The minimum Gasteiger partial charge on any atom is -0.480 e. The summed E-state index contributed by atoms with van der Waals surface area (Å²) in [6.07, 6.45) is -12.0. The van der Waals surface area contributed by atoms with Crippen LogP contribution < -0.4 is 0 Å². The van der Waals surface area contributed by atoms with Gasteiger partial charge in [-0.3, -0.25) is 4.79 Å². The van der Waals surface area contributed by atoms with Gasteiger partial charge in [-0.1, -0.05) is 0 Å². The van der Waals surface area contributed by atoms with E-state index in [0.717, 1.165) is 0 Å². The number of carbonyl (C=O) groups excluding carboxylic acids is 1. The van der Waals surface area contributed by atoms with Crippen molar-refractivity contribution >= 4 is 11.9 Å². The molecule has 1 rings (SSSR count). The van der Waals surface area contributed by atoms with E-state index in [4.69, 9.17) is 5.11 Å². The molecule has 2 atom stereocenters. The van der Waals surface area contributed by atoms with Gasteiger partial charge < -0.3 is 10.0 Å². The first-order chi connectivity index (χ1) is 8.92. The lowest BCUT2D eigenvalue weighted by molar-refractivity contribution is -0.193. The van der Waals surface area contributed by atoms with Crippen LogP contribution in [-0.4, -0.2) is 46.8 Å². The lowest BCUT2D eigenvalue weighted by atomic mass is 9.88. The molecule has 1 amide bonds. The van der Waals surface area contributed by atoms with E-state index in [1.807, 2.05) is 0 Å². The molecule has 20 heavy (non-hydrogen) atoms. The molecule has 0 aromatic heterocycles. The van der Waals surface area contributed by atoms with Gasteiger partial charge >= 0.3 is 24.2 Å². The molecule has 0 saturated carbocycles. The van der Waals surface area contributed by atoms with E-state index in [-0.39, 0.29) is 11.3 Å². The SMILES string of the molecule is O=C(O)C1CC(CC(F)(F)F)CCN1C(=O)C(F)(F)F. The predicted octanol–water partition coefficient (Wildman–Crippen LogP) is 2.19. The third kappa shape index (κ3) is 4.27. The predicted molar refractivity (Wildman–Crippen MR) is 52.6 cm³/mol. The Bertz CT molecular complexity index is 391. The van der Waals surface area contributed by atoms with Crippen LogP contribution in [0.25, 0.3) is 0 Å². The number of carboxylic acids is 1. The first-order valence-corrected chi connectivity index (χ1v) is 5.59. The van der Waals surface area contributed by atoms with Crippen LogP contribution in [0, 0.1) is 5.92 Å². The number of carboxylic acid groups (broad SMARTS) is 1. The van der Waals surface area contributed by atoms with Crippen molar-refractivity contribution in [3.05, 3.63) is 0 Å². The summed E-state index contributed by atoms with van der Waals surface area (Å²) in [5.41, 5.74) is 0. The van der Waals surface area contributed by atoms with Crippen molar-refractivity contribution in [3.63, 3.8) is 0 Å². The van der Waals surface area contributed by atoms with E-state index in [1.54, 1.807) is 0 Å². The number of alkyl halides is 6. The standard InChI is InChI=1S/C10H11F6NO3/c11-9(12,13)4-5-1-2-17(6(3-5)7(18)19)8(20)10(14,15)16/h5-6H,1-4H2,(H,18,19). The fourth-order valence-corrected chi connectivity index (χ4v) is 2.19. The normalized spacial score (nSPS) is 24.6. The van der Waals surface area contributed by atoms with Gasteiger partial charge in [-0.05, 0) is 18.8 Å². The third-order valence-electron chi connectivity index (χ3n) is 3.02. The highest BCUT2D eigenvalue weighted by molar-refractivity contribution is 5.87. The molecular weight excluding hydrogens is 296 g/mol. The van der Waals surface area contributed by atoms with E-state index in [0.29, 0.717) is 0 Å². The molecule has 1 fully saturated rings. The van der Waals surface area contributed by atoms with Gasteiger partial charge in [-0.2, -0.15) is 26.3 Å². The number of hydrogen-bond acceptors (Lipinski definition) is 2. The number of aliphatic carboxylic acids is 1. The van der Waals surface area contributed by atoms with Crippen LogP contribution in [0.4, 0.5) is 26.3 Å². The Morgan fingerprint density at radius 1 is 1.15 bits per heavy atom. The summed E-state index contributed by atoms with van der Waals surface area (Å²) in [4.78, 5) is 22.0. The Morgan fingerprint density at radius 2 is 1.70 bits per heavy atom. The molecule has 0 radical (unpaired) electrons. The molecule has 0 aromatic carbocycles. The van der Waals surface area contributed by atoms with E-state index in [9.17, 15) is 35.9 Å². The average Bonchev–Trinajstić information content (AvgIpc) is 2.24. The quantitative estimate of drug-likeness (QED) is 0.796. The second kappa shape index (κ2) is 5.49. The van der Waals surface area contributed by atoms with Crippen LogP contribution in [-0.2, 0) is 9.59 Å². The maximum absolute atomic E-state index is 12.3. The highest BCUT2D eigenvalue weighted by Gasteiger charge is 2.49. The second-order valence-corrected chi connectivity index (χ2v) is 4.56.